The number of nitrogens with zero attached hydrogens (tertiary/aromatic N) is 2. The van der Waals surface area contributed by atoms with E-state index in [4.69, 9.17) is 0 Å². The first-order chi connectivity index (χ1) is 7.86. The summed E-state index contributed by atoms with van der Waals surface area (Å²) >= 11 is 0. The Morgan fingerprint density at radius 1 is 1.44 bits per heavy atom. The summed E-state index contributed by atoms with van der Waals surface area (Å²) in [5.41, 5.74) is 0.381. The van der Waals surface area contributed by atoms with Crippen LogP contribution in [0.3, 0.4) is 0 Å². The molecule has 2 rings (SSSR count). The fraction of sp³-hybridized carbons (Fsp3) is 0.545. The highest BCUT2D eigenvalue weighted by Gasteiger charge is 2.15. The Morgan fingerprint density at radius 2 is 2.38 bits per heavy atom. The first-order valence-corrected chi connectivity index (χ1v) is 5.64. The van der Waals surface area contributed by atoms with E-state index in [0.717, 1.165) is 25.9 Å². The molecule has 1 aromatic heterocycles. The lowest BCUT2D eigenvalue weighted by Gasteiger charge is -2.15. The summed E-state index contributed by atoms with van der Waals surface area (Å²) in [4.78, 5) is 19.6. The van der Waals surface area contributed by atoms with E-state index >= 15 is 0 Å². The van der Waals surface area contributed by atoms with Crippen molar-refractivity contribution in [2.24, 2.45) is 0 Å². The molecule has 0 radical (unpaired) electrons. The average Bonchev–Trinajstić information content (AvgIpc) is 2.59. The standard InChI is InChI=1S/C11H16N4O/c16-11(10-8-13-5-6-14-10)15-9-3-1-2-4-12-7-9/h5-6,8-9,12H,1-4,7H2,(H,15,16). The minimum atomic E-state index is -0.137. The second-order valence-electron chi connectivity index (χ2n) is 3.96. The molecule has 0 aromatic carbocycles. The van der Waals surface area contributed by atoms with Gasteiger partial charge in [-0.1, -0.05) is 6.42 Å². The van der Waals surface area contributed by atoms with Crippen molar-refractivity contribution in [1.82, 2.24) is 20.6 Å². The summed E-state index contributed by atoms with van der Waals surface area (Å²) in [6, 6.07) is 0.206. The predicted molar refractivity (Wildman–Crippen MR) is 60.0 cm³/mol. The Labute approximate surface area is 94.7 Å². The molecule has 0 aliphatic carbocycles. The number of carbonyl (C=O) groups is 1. The Balaban J connectivity index is 1.91. The molecule has 5 heteroatoms. The molecule has 1 amide bonds. The van der Waals surface area contributed by atoms with Gasteiger partial charge in [-0.05, 0) is 19.4 Å². The van der Waals surface area contributed by atoms with Crippen LogP contribution in [0.25, 0.3) is 0 Å². The first kappa shape index (κ1) is 11.0. The maximum Gasteiger partial charge on any atom is 0.271 e. The van der Waals surface area contributed by atoms with E-state index in [1.54, 1.807) is 6.20 Å². The van der Waals surface area contributed by atoms with E-state index in [9.17, 15) is 4.79 Å². The van der Waals surface area contributed by atoms with Crippen LogP contribution in [-0.4, -0.2) is 35.0 Å². The summed E-state index contributed by atoms with van der Waals surface area (Å²) in [5, 5.41) is 6.27. The van der Waals surface area contributed by atoms with Crippen LogP contribution in [0.4, 0.5) is 0 Å². The Hall–Kier alpha value is -1.49. The van der Waals surface area contributed by atoms with E-state index < -0.39 is 0 Å². The van der Waals surface area contributed by atoms with Crippen molar-refractivity contribution >= 4 is 5.91 Å². The third kappa shape index (κ3) is 3.00. The van der Waals surface area contributed by atoms with Crippen LogP contribution in [0.1, 0.15) is 29.8 Å². The van der Waals surface area contributed by atoms with E-state index in [1.807, 2.05) is 0 Å². The summed E-state index contributed by atoms with van der Waals surface area (Å²) in [6.07, 6.45) is 7.93. The molecule has 1 unspecified atom stereocenters. The molecule has 2 N–H and O–H groups in total. The molecule has 1 fully saturated rings. The second kappa shape index (κ2) is 5.55. The Kier molecular flexibility index (Phi) is 3.82. The van der Waals surface area contributed by atoms with Gasteiger partial charge in [-0.15, -0.1) is 0 Å². The largest absolute Gasteiger partial charge is 0.347 e. The van der Waals surface area contributed by atoms with Crippen molar-refractivity contribution in [3.63, 3.8) is 0 Å². The van der Waals surface area contributed by atoms with Crippen LogP contribution in [0.2, 0.25) is 0 Å². The van der Waals surface area contributed by atoms with Gasteiger partial charge in [-0.2, -0.15) is 0 Å². The van der Waals surface area contributed by atoms with E-state index in [1.165, 1.54) is 18.8 Å². The molecule has 16 heavy (non-hydrogen) atoms. The molecule has 1 saturated heterocycles. The molecule has 5 nitrogen and oxygen atoms in total. The number of nitrogens with one attached hydrogen (secondary N) is 2. The van der Waals surface area contributed by atoms with E-state index in [2.05, 4.69) is 20.6 Å². The molecular formula is C11H16N4O. The minimum absolute atomic E-state index is 0.137. The van der Waals surface area contributed by atoms with Gasteiger partial charge in [0.05, 0.1) is 6.20 Å². The van der Waals surface area contributed by atoms with E-state index in [-0.39, 0.29) is 11.9 Å². The summed E-state index contributed by atoms with van der Waals surface area (Å²) in [5.74, 6) is -0.137. The van der Waals surface area contributed by atoms with Crippen LogP contribution in [0, 0.1) is 0 Å². The fourth-order valence-electron chi connectivity index (χ4n) is 1.82. The lowest BCUT2D eigenvalue weighted by Crippen LogP contribution is -2.41. The number of hydrogen-bond acceptors (Lipinski definition) is 4. The van der Waals surface area contributed by atoms with Crippen molar-refractivity contribution in [2.75, 3.05) is 13.1 Å². The van der Waals surface area contributed by atoms with E-state index in [0.29, 0.717) is 5.69 Å². The molecule has 0 spiro atoms. The summed E-state index contributed by atoms with van der Waals surface area (Å²) in [6.45, 7) is 1.88. The maximum absolute atomic E-state index is 11.8. The SMILES string of the molecule is O=C(NC1CCCCNC1)c1cnccn1. The number of aromatic nitrogens is 2. The highest BCUT2D eigenvalue weighted by atomic mass is 16.1. The van der Waals surface area contributed by atoms with Gasteiger partial charge in [0.15, 0.2) is 0 Å². The highest BCUT2D eigenvalue weighted by molar-refractivity contribution is 5.92. The molecule has 0 saturated carbocycles. The summed E-state index contributed by atoms with van der Waals surface area (Å²) < 4.78 is 0. The van der Waals surface area contributed by atoms with Crippen LogP contribution >= 0.6 is 0 Å². The first-order valence-electron chi connectivity index (χ1n) is 5.64. The molecule has 0 bridgehead atoms. The quantitative estimate of drug-likeness (QED) is 0.754. The predicted octanol–water partition coefficient (Wildman–Crippen LogP) is 0.348. The molecular weight excluding hydrogens is 204 g/mol. The van der Waals surface area contributed by atoms with Gasteiger partial charge in [-0.3, -0.25) is 9.78 Å². The number of amides is 1. The second-order valence-corrected chi connectivity index (χ2v) is 3.96. The Bertz CT molecular complexity index is 333. The van der Waals surface area contributed by atoms with Gasteiger partial charge < -0.3 is 10.6 Å². The van der Waals surface area contributed by atoms with Gasteiger partial charge in [0.25, 0.3) is 5.91 Å². The Morgan fingerprint density at radius 3 is 3.19 bits per heavy atom. The lowest BCUT2D eigenvalue weighted by molar-refractivity contribution is 0.0930. The van der Waals surface area contributed by atoms with Gasteiger partial charge >= 0.3 is 0 Å². The third-order valence-corrected chi connectivity index (χ3v) is 2.68. The monoisotopic (exact) mass is 220 g/mol. The van der Waals surface area contributed by atoms with Gasteiger partial charge in [0.2, 0.25) is 0 Å². The van der Waals surface area contributed by atoms with Crippen molar-refractivity contribution in [1.29, 1.82) is 0 Å². The number of carbonyl (C=O) groups excluding carboxylic acids is 1. The molecule has 2 heterocycles. The van der Waals surface area contributed by atoms with Crippen molar-refractivity contribution in [3.05, 3.63) is 24.3 Å². The molecule has 1 aliphatic heterocycles. The highest BCUT2D eigenvalue weighted by Crippen LogP contribution is 2.04. The molecule has 1 aliphatic rings. The minimum Gasteiger partial charge on any atom is -0.347 e. The smallest absolute Gasteiger partial charge is 0.271 e. The normalized spacial score (nSPS) is 21.1. The van der Waals surface area contributed by atoms with Gasteiger partial charge in [0.1, 0.15) is 5.69 Å². The number of hydrogen-bond donors (Lipinski definition) is 2. The summed E-state index contributed by atoms with van der Waals surface area (Å²) in [7, 11) is 0. The van der Waals surface area contributed by atoms with Crippen LogP contribution in [-0.2, 0) is 0 Å². The zero-order valence-corrected chi connectivity index (χ0v) is 9.15. The molecule has 1 atom stereocenters. The van der Waals surface area contributed by atoms with Crippen molar-refractivity contribution in [2.45, 2.75) is 25.3 Å². The van der Waals surface area contributed by atoms with Gasteiger partial charge in [0, 0.05) is 25.0 Å². The van der Waals surface area contributed by atoms with Gasteiger partial charge in [-0.25, -0.2) is 4.98 Å². The zero-order chi connectivity index (χ0) is 11.2. The lowest BCUT2D eigenvalue weighted by atomic mass is 10.1. The third-order valence-electron chi connectivity index (χ3n) is 2.68. The fourth-order valence-corrected chi connectivity index (χ4v) is 1.82. The zero-order valence-electron chi connectivity index (χ0n) is 9.15. The molecule has 86 valence electrons. The van der Waals surface area contributed by atoms with Crippen LogP contribution < -0.4 is 10.6 Å². The maximum atomic E-state index is 11.8. The number of rotatable bonds is 2. The van der Waals surface area contributed by atoms with Crippen molar-refractivity contribution < 1.29 is 4.79 Å². The van der Waals surface area contributed by atoms with Crippen LogP contribution in [0.5, 0.6) is 0 Å². The average molecular weight is 220 g/mol. The molecule has 1 aromatic rings. The topological polar surface area (TPSA) is 66.9 Å². The van der Waals surface area contributed by atoms with Crippen LogP contribution in [0.15, 0.2) is 18.6 Å². The van der Waals surface area contributed by atoms with Crippen molar-refractivity contribution in [3.8, 4) is 0 Å².